The van der Waals surface area contributed by atoms with Gasteiger partial charge in [0.05, 0.1) is 0 Å². The Balaban J connectivity index is 1.95. The van der Waals surface area contributed by atoms with Crippen LogP contribution in [0.25, 0.3) is 11.1 Å². The van der Waals surface area contributed by atoms with Crippen LogP contribution in [0, 0.1) is 0 Å². The summed E-state index contributed by atoms with van der Waals surface area (Å²) in [6.45, 7) is 1.06. The minimum atomic E-state index is 1.06. The van der Waals surface area contributed by atoms with Crippen molar-refractivity contribution < 1.29 is 0 Å². The predicted octanol–water partition coefficient (Wildman–Crippen LogP) is 3.91. The monoisotopic (exact) mass is 256 g/mol. The molecule has 18 heavy (non-hydrogen) atoms. The second-order valence-corrected chi connectivity index (χ2v) is 5.45. The van der Waals surface area contributed by atoms with E-state index in [-0.39, 0.29) is 0 Å². The first-order valence-electron chi connectivity index (χ1n) is 6.16. The van der Waals surface area contributed by atoms with Crippen LogP contribution in [0.2, 0.25) is 0 Å². The lowest BCUT2D eigenvalue weighted by atomic mass is 10.0. The van der Waals surface area contributed by atoms with Gasteiger partial charge in [0.15, 0.2) is 0 Å². The summed E-state index contributed by atoms with van der Waals surface area (Å²) in [4.78, 5) is 1.36. The van der Waals surface area contributed by atoms with Gasteiger partial charge in [0.25, 0.3) is 0 Å². The van der Waals surface area contributed by atoms with Gasteiger partial charge in [0.2, 0.25) is 0 Å². The summed E-state index contributed by atoms with van der Waals surface area (Å²) in [5.74, 6) is 1.16. The predicted molar refractivity (Wildman–Crippen MR) is 80.6 cm³/mol. The Hall–Kier alpha value is -1.61. The first-order chi connectivity index (χ1) is 8.86. The third kappa shape index (κ3) is 2.18. The van der Waals surface area contributed by atoms with Crippen LogP contribution in [-0.2, 0) is 0 Å². The fourth-order valence-corrected chi connectivity index (χ4v) is 3.02. The lowest BCUT2D eigenvalue weighted by Crippen LogP contribution is -2.09. The molecule has 0 radical (unpaired) electrons. The first kappa shape index (κ1) is 11.5. The van der Waals surface area contributed by atoms with Crippen molar-refractivity contribution in [2.75, 3.05) is 30.0 Å². The molecule has 92 valence electrons. The topological polar surface area (TPSA) is 24.1 Å². The molecule has 0 saturated heterocycles. The molecular formula is C15H16N2S. The fourth-order valence-electron chi connectivity index (χ4n) is 2.15. The summed E-state index contributed by atoms with van der Waals surface area (Å²) in [6, 6.07) is 15.2. The second kappa shape index (κ2) is 4.94. The van der Waals surface area contributed by atoms with E-state index < -0.39 is 0 Å². The molecule has 0 spiro atoms. The Bertz CT molecular complexity index is 549. The number of thioether (sulfide) groups is 1. The highest BCUT2D eigenvalue weighted by atomic mass is 32.2. The molecule has 2 N–H and O–H groups in total. The largest absolute Gasteiger partial charge is 0.388 e. The smallest absolute Gasteiger partial charge is 0.0484 e. The number of hydrogen-bond donors (Lipinski definition) is 2. The zero-order valence-electron chi connectivity index (χ0n) is 10.4. The Morgan fingerprint density at radius 2 is 1.83 bits per heavy atom. The SMILES string of the molecule is CNc1ccc(-c2ccc3c(c2)NCCS3)cc1. The Morgan fingerprint density at radius 1 is 1.06 bits per heavy atom. The van der Waals surface area contributed by atoms with Crippen LogP contribution in [0.4, 0.5) is 11.4 Å². The van der Waals surface area contributed by atoms with Gasteiger partial charge in [-0.05, 0) is 35.4 Å². The lowest BCUT2D eigenvalue weighted by Gasteiger charge is -2.18. The molecule has 0 aromatic heterocycles. The van der Waals surface area contributed by atoms with Crippen LogP contribution < -0.4 is 10.6 Å². The molecule has 2 nitrogen and oxygen atoms in total. The molecule has 0 unspecified atom stereocenters. The van der Waals surface area contributed by atoms with Crippen LogP contribution >= 0.6 is 11.8 Å². The van der Waals surface area contributed by atoms with Gasteiger partial charge < -0.3 is 10.6 Å². The van der Waals surface area contributed by atoms with Gasteiger partial charge >= 0.3 is 0 Å². The van der Waals surface area contributed by atoms with Crippen molar-refractivity contribution in [2.24, 2.45) is 0 Å². The standard InChI is InChI=1S/C15H16N2S/c1-16-13-5-2-11(3-6-13)12-4-7-15-14(10-12)17-8-9-18-15/h2-7,10,16-17H,8-9H2,1H3. The normalized spacial score (nSPS) is 13.6. The van der Waals surface area contributed by atoms with E-state index in [1.54, 1.807) is 0 Å². The van der Waals surface area contributed by atoms with E-state index in [0.717, 1.165) is 18.0 Å². The summed E-state index contributed by atoms with van der Waals surface area (Å²) in [5.41, 5.74) is 4.94. The highest BCUT2D eigenvalue weighted by Crippen LogP contribution is 2.34. The van der Waals surface area contributed by atoms with Crippen LogP contribution in [0.3, 0.4) is 0 Å². The second-order valence-electron chi connectivity index (χ2n) is 4.31. The molecule has 0 amide bonds. The number of anilines is 2. The molecule has 0 bridgehead atoms. The van der Waals surface area contributed by atoms with Crippen LogP contribution in [-0.4, -0.2) is 19.3 Å². The number of rotatable bonds is 2. The average molecular weight is 256 g/mol. The van der Waals surface area contributed by atoms with Crippen molar-refractivity contribution in [3.8, 4) is 11.1 Å². The molecule has 0 atom stereocenters. The zero-order chi connectivity index (χ0) is 12.4. The number of hydrogen-bond acceptors (Lipinski definition) is 3. The maximum Gasteiger partial charge on any atom is 0.0484 e. The number of benzene rings is 2. The minimum absolute atomic E-state index is 1.06. The maximum absolute atomic E-state index is 3.46. The van der Waals surface area contributed by atoms with E-state index in [9.17, 15) is 0 Å². The third-order valence-electron chi connectivity index (χ3n) is 3.16. The minimum Gasteiger partial charge on any atom is -0.388 e. The number of nitrogens with one attached hydrogen (secondary N) is 2. The lowest BCUT2D eigenvalue weighted by molar-refractivity contribution is 1.17. The molecule has 1 aliphatic rings. The van der Waals surface area contributed by atoms with Gasteiger partial charge in [-0.3, -0.25) is 0 Å². The van der Waals surface area contributed by atoms with Crippen LogP contribution in [0.1, 0.15) is 0 Å². The molecular weight excluding hydrogens is 240 g/mol. The van der Waals surface area contributed by atoms with Crippen molar-refractivity contribution in [1.29, 1.82) is 0 Å². The first-order valence-corrected chi connectivity index (χ1v) is 7.14. The van der Waals surface area contributed by atoms with Gasteiger partial charge in [0.1, 0.15) is 0 Å². The van der Waals surface area contributed by atoms with Crippen molar-refractivity contribution in [3.05, 3.63) is 42.5 Å². The van der Waals surface area contributed by atoms with E-state index in [2.05, 4.69) is 53.1 Å². The maximum atomic E-state index is 3.46. The molecule has 0 aliphatic carbocycles. The molecule has 1 aliphatic heterocycles. The van der Waals surface area contributed by atoms with E-state index in [0.29, 0.717) is 0 Å². The molecule has 2 aromatic carbocycles. The Kier molecular flexibility index (Phi) is 3.15. The summed E-state index contributed by atoms with van der Waals surface area (Å²) >= 11 is 1.93. The summed E-state index contributed by atoms with van der Waals surface area (Å²) in [5, 5.41) is 6.60. The highest BCUT2D eigenvalue weighted by molar-refractivity contribution is 7.99. The Morgan fingerprint density at radius 3 is 2.61 bits per heavy atom. The number of fused-ring (bicyclic) bond motifs is 1. The van der Waals surface area contributed by atoms with E-state index >= 15 is 0 Å². The van der Waals surface area contributed by atoms with E-state index in [1.807, 2.05) is 18.8 Å². The van der Waals surface area contributed by atoms with Gasteiger partial charge in [-0.15, -0.1) is 11.8 Å². The van der Waals surface area contributed by atoms with Crippen molar-refractivity contribution >= 4 is 23.1 Å². The fraction of sp³-hybridized carbons (Fsp3) is 0.200. The van der Waals surface area contributed by atoms with Gasteiger partial charge in [-0.25, -0.2) is 0 Å². The molecule has 3 rings (SSSR count). The molecule has 0 fully saturated rings. The molecule has 0 saturated carbocycles. The van der Waals surface area contributed by atoms with Crippen molar-refractivity contribution in [3.63, 3.8) is 0 Å². The van der Waals surface area contributed by atoms with Crippen LogP contribution in [0.15, 0.2) is 47.4 Å². The Labute approximate surface area is 112 Å². The molecule has 1 heterocycles. The van der Waals surface area contributed by atoms with Crippen LogP contribution in [0.5, 0.6) is 0 Å². The van der Waals surface area contributed by atoms with Gasteiger partial charge in [-0.1, -0.05) is 18.2 Å². The molecule has 3 heteroatoms. The zero-order valence-corrected chi connectivity index (χ0v) is 11.2. The van der Waals surface area contributed by atoms with Crippen molar-refractivity contribution in [2.45, 2.75) is 4.90 Å². The summed E-state index contributed by atoms with van der Waals surface area (Å²) < 4.78 is 0. The quantitative estimate of drug-likeness (QED) is 0.851. The highest BCUT2D eigenvalue weighted by Gasteiger charge is 2.09. The summed E-state index contributed by atoms with van der Waals surface area (Å²) in [6.07, 6.45) is 0. The van der Waals surface area contributed by atoms with Crippen molar-refractivity contribution in [1.82, 2.24) is 0 Å². The molecule has 2 aromatic rings. The summed E-state index contributed by atoms with van der Waals surface area (Å²) in [7, 11) is 1.94. The van der Waals surface area contributed by atoms with E-state index in [1.165, 1.54) is 21.7 Å². The third-order valence-corrected chi connectivity index (χ3v) is 4.24. The average Bonchev–Trinajstić information content (AvgIpc) is 2.47. The van der Waals surface area contributed by atoms with E-state index in [4.69, 9.17) is 0 Å². The van der Waals surface area contributed by atoms with Gasteiger partial charge in [-0.2, -0.15) is 0 Å². The van der Waals surface area contributed by atoms with Gasteiger partial charge in [0, 0.05) is 35.6 Å².